The van der Waals surface area contributed by atoms with E-state index >= 15 is 0 Å². The van der Waals surface area contributed by atoms with Crippen LogP contribution in [0, 0.1) is 0 Å². The van der Waals surface area contributed by atoms with Gasteiger partial charge in [0.25, 0.3) is 0 Å². The molecule has 0 bridgehead atoms. The Morgan fingerprint density at radius 1 is 1.14 bits per heavy atom. The van der Waals surface area contributed by atoms with Gasteiger partial charge in [0.1, 0.15) is 5.75 Å². The maximum Gasteiger partial charge on any atom is 0.324 e. The lowest BCUT2D eigenvalue weighted by molar-refractivity contribution is 0.192. The summed E-state index contributed by atoms with van der Waals surface area (Å²) >= 11 is 0. The first-order valence-electron chi connectivity index (χ1n) is 9.45. The van der Waals surface area contributed by atoms with Crippen LogP contribution in [0.1, 0.15) is 18.9 Å². The van der Waals surface area contributed by atoms with Gasteiger partial charge in [-0.3, -0.25) is 4.90 Å². The number of amides is 4. The van der Waals surface area contributed by atoms with E-state index in [1.807, 2.05) is 54.3 Å². The Morgan fingerprint density at radius 3 is 2.75 bits per heavy atom. The Balaban J connectivity index is 1.72. The zero-order chi connectivity index (χ0) is 19.9. The summed E-state index contributed by atoms with van der Waals surface area (Å²) in [5, 5.41) is 5.48. The number of benzene rings is 2. The number of rotatable bonds is 6. The Morgan fingerprint density at radius 2 is 1.96 bits per heavy atom. The number of methoxy groups -OCH3 is 1. The molecule has 7 heteroatoms. The van der Waals surface area contributed by atoms with Crippen molar-refractivity contribution in [2.24, 2.45) is 0 Å². The molecule has 2 aromatic rings. The Labute approximate surface area is 165 Å². The molecule has 3 rings (SSSR count). The summed E-state index contributed by atoms with van der Waals surface area (Å²) in [5.74, 6) is 0.781. The van der Waals surface area contributed by atoms with E-state index in [0.717, 1.165) is 23.4 Å². The lowest BCUT2D eigenvalue weighted by atomic mass is 10.1. The van der Waals surface area contributed by atoms with E-state index < -0.39 is 0 Å². The first kappa shape index (κ1) is 19.5. The van der Waals surface area contributed by atoms with Gasteiger partial charge in [0.15, 0.2) is 0 Å². The van der Waals surface area contributed by atoms with E-state index in [1.54, 1.807) is 18.1 Å². The average Bonchev–Trinajstić information content (AvgIpc) is 2.70. The van der Waals surface area contributed by atoms with Crippen molar-refractivity contribution >= 4 is 23.4 Å². The van der Waals surface area contributed by atoms with Crippen LogP contribution in [0.5, 0.6) is 5.75 Å². The SMILES string of the molecule is CCNC(=O)Nc1cccc(N2CCCN(Cc3cccc(OC)c3)C2=O)c1. The van der Waals surface area contributed by atoms with Crippen molar-refractivity contribution in [2.75, 3.05) is 37.0 Å². The number of urea groups is 2. The van der Waals surface area contributed by atoms with Gasteiger partial charge in [0.05, 0.1) is 7.11 Å². The highest BCUT2D eigenvalue weighted by Crippen LogP contribution is 2.25. The number of carbonyl (C=O) groups excluding carboxylic acids is 2. The summed E-state index contributed by atoms with van der Waals surface area (Å²) < 4.78 is 5.27. The molecule has 2 N–H and O–H groups in total. The molecule has 1 aliphatic heterocycles. The minimum Gasteiger partial charge on any atom is -0.497 e. The number of nitrogens with zero attached hydrogens (tertiary/aromatic N) is 2. The van der Waals surface area contributed by atoms with E-state index in [0.29, 0.717) is 31.9 Å². The third-order valence-electron chi connectivity index (χ3n) is 4.57. The number of anilines is 2. The first-order chi connectivity index (χ1) is 13.6. The molecule has 148 valence electrons. The fourth-order valence-corrected chi connectivity index (χ4v) is 3.25. The van der Waals surface area contributed by atoms with Crippen molar-refractivity contribution in [2.45, 2.75) is 19.9 Å². The quantitative estimate of drug-likeness (QED) is 0.801. The summed E-state index contributed by atoms with van der Waals surface area (Å²) in [7, 11) is 1.63. The largest absolute Gasteiger partial charge is 0.497 e. The monoisotopic (exact) mass is 382 g/mol. The van der Waals surface area contributed by atoms with Gasteiger partial charge in [-0.25, -0.2) is 9.59 Å². The molecular formula is C21H26N4O3. The van der Waals surface area contributed by atoms with Crippen LogP contribution in [0.25, 0.3) is 0 Å². The molecule has 0 radical (unpaired) electrons. The molecule has 0 saturated carbocycles. The van der Waals surface area contributed by atoms with Crippen LogP contribution in [0.2, 0.25) is 0 Å². The van der Waals surface area contributed by atoms with E-state index in [2.05, 4.69) is 10.6 Å². The molecule has 1 heterocycles. The number of hydrogen-bond acceptors (Lipinski definition) is 3. The van der Waals surface area contributed by atoms with Gasteiger partial charge in [-0.15, -0.1) is 0 Å². The van der Waals surface area contributed by atoms with Crippen molar-refractivity contribution in [1.29, 1.82) is 0 Å². The third kappa shape index (κ3) is 4.73. The highest BCUT2D eigenvalue weighted by molar-refractivity contribution is 5.94. The smallest absolute Gasteiger partial charge is 0.324 e. The molecular weight excluding hydrogens is 356 g/mol. The van der Waals surface area contributed by atoms with E-state index in [4.69, 9.17) is 4.74 Å². The van der Waals surface area contributed by atoms with Crippen LogP contribution in [0.15, 0.2) is 48.5 Å². The molecule has 7 nitrogen and oxygen atoms in total. The van der Waals surface area contributed by atoms with Crippen LogP contribution in [-0.2, 0) is 6.54 Å². The molecule has 1 fully saturated rings. The number of ether oxygens (including phenoxy) is 1. The number of nitrogens with one attached hydrogen (secondary N) is 2. The lowest BCUT2D eigenvalue weighted by Crippen LogP contribution is -2.49. The van der Waals surface area contributed by atoms with Crippen LogP contribution < -0.4 is 20.3 Å². The minimum atomic E-state index is -0.260. The second-order valence-corrected chi connectivity index (χ2v) is 6.60. The van der Waals surface area contributed by atoms with Crippen molar-refractivity contribution in [3.63, 3.8) is 0 Å². The van der Waals surface area contributed by atoms with Crippen molar-refractivity contribution < 1.29 is 14.3 Å². The van der Waals surface area contributed by atoms with Gasteiger partial charge in [-0.1, -0.05) is 18.2 Å². The van der Waals surface area contributed by atoms with Gasteiger partial charge >= 0.3 is 12.1 Å². The molecule has 2 aromatic carbocycles. The average molecular weight is 382 g/mol. The fraction of sp³-hybridized carbons (Fsp3) is 0.333. The second-order valence-electron chi connectivity index (χ2n) is 6.60. The standard InChI is InChI=1S/C21H26N4O3/c1-3-22-20(26)23-17-8-5-9-18(14-17)25-12-6-11-24(21(25)27)15-16-7-4-10-19(13-16)28-2/h4-5,7-10,13-14H,3,6,11-12,15H2,1-2H3,(H2,22,23,26). The summed E-state index contributed by atoms with van der Waals surface area (Å²) in [6.07, 6.45) is 0.879. The summed E-state index contributed by atoms with van der Waals surface area (Å²) in [6.45, 7) is 4.31. The second kappa shape index (κ2) is 9.12. The highest BCUT2D eigenvalue weighted by atomic mass is 16.5. The highest BCUT2D eigenvalue weighted by Gasteiger charge is 2.27. The molecule has 4 amide bonds. The van der Waals surface area contributed by atoms with E-state index in [9.17, 15) is 9.59 Å². The van der Waals surface area contributed by atoms with Crippen LogP contribution in [-0.4, -0.2) is 43.7 Å². The zero-order valence-corrected chi connectivity index (χ0v) is 16.3. The van der Waals surface area contributed by atoms with Gasteiger partial charge in [-0.2, -0.15) is 0 Å². The van der Waals surface area contributed by atoms with Gasteiger partial charge in [0, 0.05) is 37.6 Å². The fourth-order valence-electron chi connectivity index (χ4n) is 3.25. The maximum absolute atomic E-state index is 13.0. The lowest BCUT2D eigenvalue weighted by Gasteiger charge is -2.36. The molecule has 1 aliphatic rings. The molecule has 0 atom stereocenters. The van der Waals surface area contributed by atoms with Crippen LogP contribution >= 0.6 is 0 Å². The third-order valence-corrected chi connectivity index (χ3v) is 4.57. The number of hydrogen-bond donors (Lipinski definition) is 2. The predicted octanol–water partition coefficient (Wildman–Crippen LogP) is 3.67. The van der Waals surface area contributed by atoms with Gasteiger partial charge < -0.3 is 20.3 Å². The van der Waals surface area contributed by atoms with E-state index in [1.165, 1.54) is 0 Å². The summed E-state index contributed by atoms with van der Waals surface area (Å²) in [4.78, 5) is 28.4. The number of carbonyl (C=O) groups is 2. The zero-order valence-electron chi connectivity index (χ0n) is 16.3. The van der Waals surface area contributed by atoms with Crippen molar-refractivity contribution in [1.82, 2.24) is 10.2 Å². The Bertz CT molecular complexity index is 840. The normalized spacial score (nSPS) is 14.0. The molecule has 0 spiro atoms. The Hall–Kier alpha value is -3.22. The Kier molecular flexibility index (Phi) is 6.37. The summed E-state index contributed by atoms with van der Waals surface area (Å²) in [6, 6.07) is 14.8. The first-order valence-corrected chi connectivity index (χ1v) is 9.45. The van der Waals surface area contributed by atoms with Gasteiger partial charge in [-0.05, 0) is 49.2 Å². The van der Waals surface area contributed by atoms with E-state index in [-0.39, 0.29) is 12.1 Å². The topological polar surface area (TPSA) is 73.9 Å². The van der Waals surface area contributed by atoms with Crippen molar-refractivity contribution in [3.8, 4) is 5.75 Å². The van der Waals surface area contributed by atoms with Gasteiger partial charge in [0.2, 0.25) is 0 Å². The van der Waals surface area contributed by atoms with Crippen LogP contribution in [0.4, 0.5) is 21.0 Å². The van der Waals surface area contributed by atoms with Crippen molar-refractivity contribution in [3.05, 3.63) is 54.1 Å². The maximum atomic E-state index is 13.0. The van der Waals surface area contributed by atoms with Crippen LogP contribution in [0.3, 0.4) is 0 Å². The predicted molar refractivity (Wildman–Crippen MR) is 110 cm³/mol. The molecule has 1 saturated heterocycles. The summed E-state index contributed by atoms with van der Waals surface area (Å²) in [5.41, 5.74) is 2.46. The molecule has 0 unspecified atom stereocenters. The molecule has 28 heavy (non-hydrogen) atoms. The molecule has 0 aromatic heterocycles. The molecule has 0 aliphatic carbocycles. The minimum absolute atomic E-state index is 0.0378.